The van der Waals surface area contributed by atoms with E-state index in [2.05, 4.69) is 15.5 Å². The summed E-state index contributed by atoms with van der Waals surface area (Å²) in [4.78, 5) is 25.3. The second-order valence-electron chi connectivity index (χ2n) is 8.62. The van der Waals surface area contributed by atoms with E-state index in [0.717, 1.165) is 17.0 Å². The molecule has 2 aromatic heterocycles. The van der Waals surface area contributed by atoms with Crippen LogP contribution in [0.25, 0.3) is 16.6 Å². The van der Waals surface area contributed by atoms with Crippen LogP contribution in [0.3, 0.4) is 0 Å². The Morgan fingerprint density at radius 2 is 1.80 bits per heavy atom. The van der Waals surface area contributed by atoms with Crippen LogP contribution in [0, 0.1) is 6.92 Å². The lowest BCUT2D eigenvalue weighted by Gasteiger charge is -2.10. The van der Waals surface area contributed by atoms with Crippen LogP contribution in [-0.4, -0.2) is 31.6 Å². The van der Waals surface area contributed by atoms with Crippen molar-refractivity contribution in [3.05, 3.63) is 81.4 Å². The second kappa shape index (κ2) is 10.7. The number of amides is 1. The van der Waals surface area contributed by atoms with Gasteiger partial charge in [-0.2, -0.15) is 10.2 Å². The number of halogens is 1. The van der Waals surface area contributed by atoms with Crippen LogP contribution in [0.15, 0.2) is 59.5 Å². The van der Waals surface area contributed by atoms with Crippen molar-refractivity contribution < 1.29 is 9.53 Å². The number of ether oxygens (including phenoxy) is 1. The van der Waals surface area contributed by atoms with Gasteiger partial charge in [0.25, 0.3) is 5.56 Å². The first-order valence-corrected chi connectivity index (χ1v) is 11.9. The Morgan fingerprint density at radius 3 is 2.49 bits per heavy atom. The van der Waals surface area contributed by atoms with Crippen LogP contribution in [-0.2, 0) is 17.9 Å². The molecule has 4 rings (SSSR count). The fourth-order valence-corrected chi connectivity index (χ4v) is 3.84. The molecule has 0 saturated carbocycles. The highest BCUT2D eigenvalue weighted by molar-refractivity contribution is 6.30. The summed E-state index contributed by atoms with van der Waals surface area (Å²) in [6.07, 6.45) is 2.69. The summed E-state index contributed by atoms with van der Waals surface area (Å²) in [5, 5.41) is 13.1. The van der Waals surface area contributed by atoms with Gasteiger partial charge < -0.3 is 10.1 Å². The Balaban J connectivity index is 1.34. The normalized spacial score (nSPS) is 11.2. The van der Waals surface area contributed by atoms with E-state index in [0.29, 0.717) is 47.6 Å². The van der Waals surface area contributed by atoms with Crippen molar-refractivity contribution in [3.63, 3.8) is 0 Å². The van der Waals surface area contributed by atoms with Crippen LogP contribution in [0.4, 0.5) is 0 Å². The number of nitrogens with zero attached hydrogens (tertiary/aromatic N) is 4. The standard InChI is InChI=1S/C26H28ClN5O3/c1-17(2)35-22-12-6-19(7-13-22)15-28-24(33)5-4-14-31-26(34)25-23(18(3)29-31)16-32(30-25)21-10-8-20(27)9-11-21/h6-13,16-17H,4-5,14-15H2,1-3H3,(H,28,33). The Labute approximate surface area is 208 Å². The Kier molecular flexibility index (Phi) is 7.51. The van der Waals surface area contributed by atoms with Gasteiger partial charge >= 0.3 is 0 Å². The third-order valence-corrected chi connectivity index (χ3v) is 5.71. The number of aromatic nitrogens is 4. The van der Waals surface area contributed by atoms with Crippen molar-refractivity contribution in [1.82, 2.24) is 24.9 Å². The Bertz CT molecular complexity index is 1380. The fraction of sp³-hybridized carbons (Fsp3) is 0.308. The molecule has 0 aliphatic carbocycles. The zero-order valence-corrected chi connectivity index (χ0v) is 20.7. The lowest BCUT2D eigenvalue weighted by Crippen LogP contribution is -2.26. The summed E-state index contributed by atoms with van der Waals surface area (Å²) >= 11 is 5.97. The maximum Gasteiger partial charge on any atom is 0.295 e. The SMILES string of the molecule is Cc1nn(CCCC(=O)NCc2ccc(OC(C)C)cc2)c(=O)c2nn(-c3ccc(Cl)cc3)cc12. The number of benzene rings is 2. The number of aryl methyl sites for hydroxylation is 2. The second-order valence-corrected chi connectivity index (χ2v) is 9.05. The van der Waals surface area contributed by atoms with Crippen LogP contribution < -0.4 is 15.6 Å². The molecule has 9 heteroatoms. The molecular weight excluding hydrogens is 466 g/mol. The van der Waals surface area contributed by atoms with Crippen LogP contribution in [0.5, 0.6) is 5.75 Å². The van der Waals surface area contributed by atoms with Crippen molar-refractivity contribution in [2.45, 2.75) is 52.8 Å². The van der Waals surface area contributed by atoms with Crippen molar-refractivity contribution in [3.8, 4) is 11.4 Å². The molecule has 0 spiro atoms. The monoisotopic (exact) mass is 493 g/mol. The molecule has 0 aliphatic rings. The largest absolute Gasteiger partial charge is 0.491 e. The van der Waals surface area contributed by atoms with Crippen molar-refractivity contribution in [2.75, 3.05) is 0 Å². The van der Waals surface area contributed by atoms with E-state index in [-0.39, 0.29) is 17.6 Å². The van der Waals surface area contributed by atoms with E-state index < -0.39 is 0 Å². The molecule has 0 bridgehead atoms. The highest BCUT2D eigenvalue weighted by atomic mass is 35.5. The van der Waals surface area contributed by atoms with Gasteiger partial charge in [0, 0.05) is 36.1 Å². The third-order valence-electron chi connectivity index (χ3n) is 5.46. The van der Waals surface area contributed by atoms with Gasteiger partial charge in [-0.05, 0) is 69.2 Å². The van der Waals surface area contributed by atoms with Crippen molar-refractivity contribution in [1.29, 1.82) is 0 Å². The smallest absolute Gasteiger partial charge is 0.295 e. The van der Waals surface area contributed by atoms with E-state index in [1.807, 2.05) is 57.2 Å². The fourth-order valence-electron chi connectivity index (χ4n) is 3.71. The summed E-state index contributed by atoms with van der Waals surface area (Å²) in [5.41, 5.74) is 2.57. The molecule has 2 aromatic carbocycles. The molecule has 4 aromatic rings. The predicted molar refractivity (Wildman–Crippen MR) is 136 cm³/mol. The van der Waals surface area contributed by atoms with Crippen LogP contribution in [0.2, 0.25) is 5.02 Å². The van der Waals surface area contributed by atoms with E-state index >= 15 is 0 Å². The molecule has 1 N–H and O–H groups in total. The van der Waals surface area contributed by atoms with Gasteiger partial charge in [0.05, 0.1) is 17.5 Å². The molecule has 0 saturated heterocycles. The molecule has 0 aliphatic heterocycles. The number of fused-ring (bicyclic) bond motifs is 1. The topological polar surface area (TPSA) is 91.0 Å². The first-order valence-electron chi connectivity index (χ1n) is 11.6. The average molecular weight is 494 g/mol. The molecule has 35 heavy (non-hydrogen) atoms. The van der Waals surface area contributed by atoms with Crippen LogP contribution >= 0.6 is 11.6 Å². The van der Waals surface area contributed by atoms with Gasteiger partial charge in [-0.3, -0.25) is 9.59 Å². The van der Waals surface area contributed by atoms with E-state index in [9.17, 15) is 9.59 Å². The number of carbonyl (C=O) groups is 1. The number of rotatable bonds is 9. The molecule has 1 amide bonds. The minimum atomic E-state index is -0.276. The molecule has 2 heterocycles. The quantitative estimate of drug-likeness (QED) is 0.372. The zero-order valence-electron chi connectivity index (χ0n) is 20.0. The highest BCUT2D eigenvalue weighted by Gasteiger charge is 2.13. The van der Waals surface area contributed by atoms with Crippen molar-refractivity contribution >= 4 is 28.4 Å². The summed E-state index contributed by atoms with van der Waals surface area (Å²) in [7, 11) is 0. The maximum absolute atomic E-state index is 13.0. The number of hydrogen-bond donors (Lipinski definition) is 1. The first kappa shape index (κ1) is 24.5. The molecule has 0 fully saturated rings. The third kappa shape index (κ3) is 6.08. The molecule has 0 radical (unpaired) electrons. The van der Waals surface area contributed by atoms with E-state index in [4.69, 9.17) is 16.3 Å². The number of nitrogens with one attached hydrogen (secondary N) is 1. The molecule has 182 valence electrons. The summed E-state index contributed by atoms with van der Waals surface area (Å²) < 4.78 is 8.67. The molecular formula is C26H28ClN5O3. The van der Waals surface area contributed by atoms with Gasteiger partial charge in [0.15, 0.2) is 5.52 Å². The number of hydrogen-bond acceptors (Lipinski definition) is 5. The molecule has 8 nitrogen and oxygen atoms in total. The van der Waals surface area contributed by atoms with Gasteiger partial charge in [-0.25, -0.2) is 9.36 Å². The summed E-state index contributed by atoms with van der Waals surface area (Å²) in [6, 6.07) is 14.9. The lowest BCUT2D eigenvalue weighted by atomic mass is 10.2. The summed E-state index contributed by atoms with van der Waals surface area (Å²) in [5.74, 6) is 0.726. The first-order chi connectivity index (χ1) is 16.8. The average Bonchev–Trinajstić information content (AvgIpc) is 3.28. The molecule has 0 unspecified atom stereocenters. The van der Waals surface area contributed by atoms with Gasteiger partial charge in [-0.1, -0.05) is 23.7 Å². The van der Waals surface area contributed by atoms with Crippen LogP contribution in [0.1, 0.15) is 37.9 Å². The minimum Gasteiger partial charge on any atom is -0.491 e. The predicted octanol–water partition coefficient (Wildman–Crippen LogP) is 4.43. The van der Waals surface area contributed by atoms with Crippen molar-refractivity contribution in [2.24, 2.45) is 0 Å². The van der Waals surface area contributed by atoms with Gasteiger partial charge in [0.1, 0.15) is 5.75 Å². The minimum absolute atomic E-state index is 0.0784. The van der Waals surface area contributed by atoms with Gasteiger partial charge in [0.2, 0.25) is 5.91 Å². The molecule has 0 atom stereocenters. The highest BCUT2D eigenvalue weighted by Crippen LogP contribution is 2.18. The van der Waals surface area contributed by atoms with E-state index in [1.54, 1.807) is 23.0 Å². The maximum atomic E-state index is 13.0. The Hall–Kier alpha value is -3.65. The number of carbonyl (C=O) groups excluding carboxylic acids is 1. The summed E-state index contributed by atoms with van der Waals surface area (Å²) in [6.45, 7) is 6.57. The van der Waals surface area contributed by atoms with E-state index in [1.165, 1.54) is 4.68 Å². The zero-order chi connectivity index (χ0) is 24.9. The Morgan fingerprint density at radius 1 is 1.09 bits per heavy atom. The van der Waals surface area contributed by atoms with Gasteiger partial charge in [-0.15, -0.1) is 0 Å². The lowest BCUT2D eigenvalue weighted by molar-refractivity contribution is -0.121.